The quantitative estimate of drug-likeness (QED) is 0.575. The molecule has 1 heterocycles. The van der Waals surface area contributed by atoms with Crippen LogP contribution in [0.15, 0.2) is 6.07 Å². The summed E-state index contributed by atoms with van der Waals surface area (Å²) in [6.45, 7) is -0.350. The van der Waals surface area contributed by atoms with Gasteiger partial charge in [-0.15, -0.1) is 0 Å². The van der Waals surface area contributed by atoms with Crippen molar-refractivity contribution in [2.45, 2.75) is 13.0 Å². The first-order valence-corrected chi connectivity index (χ1v) is 3.39. The molecule has 0 saturated carbocycles. The molecule has 0 aliphatic heterocycles. The van der Waals surface area contributed by atoms with Crippen LogP contribution in [0.4, 0.5) is 17.6 Å². The van der Waals surface area contributed by atoms with Gasteiger partial charge in [0.05, 0.1) is 5.69 Å². The Balaban J connectivity index is 3.25. The van der Waals surface area contributed by atoms with Gasteiger partial charge in [-0.3, -0.25) is 0 Å². The standard InChI is InChI=1S/C7H6F4N2/c8-4-1-3(6(9)10)5(2-12)13-7(4)11/h1,6H,2,12H2. The van der Waals surface area contributed by atoms with E-state index in [0.717, 1.165) is 0 Å². The van der Waals surface area contributed by atoms with Gasteiger partial charge in [-0.1, -0.05) is 0 Å². The van der Waals surface area contributed by atoms with Gasteiger partial charge in [-0.2, -0.15) is 4.39 Å². The first kappa shape index (κ1) is 9.91. The third kappa shape index (κ3) is 1.95. The second-order valence-electron chi connectivity index (χ2n) is 2.30. The fourth-order valence-corrected chi connectivity index (χ4v) is 0.868. The van der Waals surface area contributed by atoms with Crippen LogP contribution in [-0.2, 0) is 6.54 Å². The number of hydrogen-bond donors (Lipinski definition) is 1. The molecule has 0 spiro atoms. The maximum Gasteiger partial charge on any atom is 0.265 e. The number of hydrogen-bond acceptors (Lipinski definition) is 2. The number of alkyl halides is 2. The molecule has 6 heteroatoms. The zero-order chi connectivity index (χ0) is 10.0. The van der Waals surface area contributed by atoms with Crippen LogP contribution in [0.1, 0.15) is 17.7 Å². The lowest BCUT2D eigenvalue weighted by Crippen LogP contribution is -2.08. The van der Waals surface area contributed by atoms with E-state index in [2.05, 4.69) is 4.98 Å². The molecule has 0 aliphatic carbocycles. The first-order chi connectivity index (χ1) is 6.06. The minimum Gasteiger partial charge on any atom is -0.325 e. The van der Waals surface area contributed by atoms with Crippen molar-refractivity contribution in [1.29, 1.82) is 0 Å². The lowest BCUT2D eigenvalue weighted by molar-refractivity contribution is 0.148. The van der Waals surface area contributed by atoms with Crippen LogP contribution in [0.2, 0.25) is 0 Å². The molecular weight excluding hydrogens is 188 g/mol. The van der Waals surface area contributed by atoms with Gasteiger partial charge in [0.1, 0.15) is 0 Å². The van der Waals surface area contributed by atoms with Crippen molar-refractivity contribution in [1.82, 2.24) is 4.98 Å². The SMILES string of the molecule is NCc1nc(F)c(F)cc1C(F)F. The van der Waals surface area contributed by atoms with Gasteiger partial charge in [0.15, 0.2) is 5.82 Å². The van der Waals surface area contributed by atoms with Crippen LogP contribution in [0.25, 0.3) is 0 Å². The van der Waals surface area contributed by atoms with Gasteiger partial charge >= 0.3 is 0 Å². The van der Waals surface area contributed by atoms with Gasteiger partial charge in [0.25, 0.3) is 6.43 Å². The molecule has 0 fully saturated rings. The predicted octanol–water partition coefficient (Wildman–Crippen LogP) is 1.76. The Morgan fingerprint density at radius 3 is 2.46 bits per heavy atom. The summed E-state index contributed by atoms with van der Waals surface area (Å²) >= 11 is 0. The minimum absolute atomic E-state index is 0.325. The van der Waals surface area contributed by atoms with Crippen molar-refractivity contribution >= 4 is 0 Å². The maximum absolute atomic E-state index is 12.4. The van der Waals surface area contributed by atoms with Crippen molar-refractivity contribution in [2.75, 3.05) is 0 Å². The number of rotatable bonds is 2. The second kappa shape index (κ2) is 3.69. The zero-order valence-corrected chi connectivity index (χ0v) is 6.40. The van der Waals surface area contributed by atoms with Crippen molar-refractivity contribution in [2.24, 2.45) is 5.73 Å². The van der Waals surface area contributed by atoms with Gasteiger partial charge in [0.2, 0.25) is 5.95 Å². The van der Waals surface area contributed by atoms with E-state index in [0.29, 0.717) is 6.07 Å². The highest BCUT2D eigenvalue weighted by Crippen LogP contribution is 2.22. The molecule has 1 aromatic rings. The molecule has 0 saturated heterocycles. The van der Waals surface area contributed by atoms with Crippen LogP contribution in [0, 0.1) is 11.8 Å². The Labute approximate surface area is 71.4 Å². The molecule has 2 N–H and O–H groups in total. The third-order valence-electron chi connectivity index (χ3n) is 1.47. The lowest BCUT2D eigenvalue weighted by atomic mass is 10.2. The van der Waals surface area contributed by atoms with Crippen LogP contribution >= 0.6 is 0 Å². The zero-order valence-electron chi connectivity index (χ0n) is 6.40. The van der Waals surface area contributed by atoms with Crippen LogP contribution in [0.5, 0.6) is 0 Å². The van der Waals surface area contributed by atoms with E-state index in [1.165, 1.54) is 0 Å². The van der Waals surface area contributed by atoms with Gasteiger partial charge < -0.3 is 5.73 Å². The molecule has 1 rings (SSSR count). The fraction of sp³-hybridized carbons (Fsp3) is 0.286. The van der Waals surface area contributed by atoms with E-state index in [4.69, 9.17) is 5.73 Å². The Kier molecular flexibility index (Phi) is 2.82. The molecule has 0 aromatic carbocycles. The second-order valence-corrected chi connectivity index (χ2v) is 2.30. The predicted molar refractivity (Wildman–Crippen MR) is 37.0 cm³/mol. The molecule has 72 valence electrons. The molecule has 0 bridgehead atoms. The van der Waals surface area contributed by atoms with Crippen molar-refractivity contribution in [3.8, 4) is 0 Å². The van der Waals surface area contributed by atoms with E-state index in [1.807, 2.05) is 0 Å². The molecule has 0 unspecified atom stereocenters. The average molecular weight is 194 g/mol. The summed E-state index contributed by atoms with van der Waals surface area (Å²) in [6.07, 6.45) is -2.90. The molecule has 0 amide bonds. The van der Waals surface area contributed by atoms with E-state index in [-0.39, 0.29) is 12.2 Å². The molecular formula is C7H6F4N2. The van der Waals surface area contributed by atoms with Crippen LogP contribution in [0.3, 0.4) is 0 Å². The normalized spacial score (nSPS) is 10.9. The van der Waals surface area contributed by atoms with Gasteiger partial charge in [-0.05, 0) is 6.07 Å². The number of halogens is 4. The van der Waals surface area contributed by atoms with Crippen LogP contribution in [-0.4, -0.2) is 4.98 Å². The van der Waals surface area contributed by atoms with Crippen molar-refractivity contribution in [3.05, 3.63) is 29.1 Å². The highest BCUT2D eigenvalue weighted by atomic mass is 19.3. The monoisotopic (exact) mass is 194 g/mol. The summed E-state index contributed by atoms with van der Waals surface area (Å²) in [7, 11) is 0. The maximum atomic E-state index is 12.4. The summed E-state index contributed by atoms with van der Waals surface area (Å²) < 4.78 is 49.2. The Morgan fingerprint density at radius 1 is 1.38 bits per heavy atom. The van der Waals surface area contributed by atoms with Crippen LogP contribution < -0.4 is 5.73 Å². The molecule has 1 aromatic heterocycles. The van der Waals surface area contributed by atoms with Gasteiger partial charge in [-0.25, -0.2) is 18.2 Å². The summed E-state index contributed by atoms with van der Waals surface area (Å²) in [4.78, 5) is 2.97. The molecule has 0 radical (unpaired) electrons. The summed E-state index contributed by atoms with van der Waals surface area (Å²) in [5, 5.41) is 0. The average Bonchev–Trinajstić information content (AvgIpc) is 2.08. The fourth-order valence-electron chi connectivity index (χ4n) is 0.868. The molecule has 13 heavy (non-hydrogen) atoms. The highest BCUT2D eigenvalue weighted by molar-refractivity contribution is 5.22. The van der Waals surface area contributed by atoms with E-state index in [1.54, 1.807) is 0 Å². The summed E-state index contributed by atoms with van der Waals surface area (Å²) in [5.74, 6) is -2.81. The van der Waals surface area contributed by atoms with Crippen molar-refractivity contribution < 1.29 is 17.6 Å². The lowest BCUT2D eigenvalue weighted by Gasteiger charge is -2.05. The summed E-state index contributed by atoms with van der Waals surface area (Å²) in [6, 6.07) is 0.412. The Hall–Kier alpha value is -1.17. The Bertz CT molecular complexity index is 314. The first-order valence-electron chi connectivity index (χ1n) is 3.39. The third-order valence-corrected chi connectivity index (χ3v) is 1.47. The van der Waals surface area contributed by atoms with Gasteiger partial charge in [0, 0.05) is 12.1 Å². The number of nitrogens with zero attached hydrogens (tertiary/aromatic N) is 1. The summed E-state index contributed by atoms with van der Waals surface area (Å²) in [5.41, 5.74) is 4.03. The smallest absolute Gasteiger partial charge is 0.265 e. The van der Waals surface area contributed by atoms with E-state index < -0.39 is 23.8 Å². The molecule has 2 nitrogen and oxygen atoms in total. The minimum atomic E-state index is -2.90. The molecule has 0 aliphatic rings. The highest BCUT2D eigenvalue weighted by Gasteiger charge is 2.17. The van der Waals surface area contributed by atoms with E-state index in [9.17, 15) is 17.6 Å². The number of nitrogens with two attached hydrogens (primary N) is 1. The largest absolute Gasteiger partial charge is 0.325 e. The van der Waals surface area contributed by atoms with Crippen molar-refractivity contribution in [3.63, 3.8) is 0 Å². The van der Waals surface area contributed by atoms with E-state index >= 15 is 0 Å². The topological polar surface area (TPSA) is 38.9 Å². The number of pyridine rings is 1. The number of aromatic nitrogens is 1. The molecule has 0 atom stereocenters. The Morgan fingerprint density at radius 2 is 2.00 bits per heavy atom.